The molecule has 2 rings (SSSR count). The molecule has 0 amide bonds. The Morgan fingerprint density at radius 1 is 1.25 bits per heavy atom. The molecule has 0 aromatic rings. The van der Waals surface area contributed by atoms with Gasteiger partial charge in [0.1, 0.15) is 0 Å². The summed E-state index contributed by atoms with van der Waals surface area (Å²) in [6.45, 7) is 11.3. The van der Waals surface area contributed by atoms with Crippen molar-refractivity contribution in [2.75, 3.05) is 13.1 Å². The van der Waals surface area contributed by atoms with Crippen LogP contribution in [0.2, 0.25) is 0 Å². The van der Waals surface area contributed by atoms with E-state index in [1.54, 1.807) is 0 Å². The Kier molecular flexibility index (Phi) is 3.57. The first-order chi connectivity index (χ1) is 5.86. The zero-order valence-corrected chi connectivity index (χ0v) is 9.01. The quantitative estimate of drug-likeness (QED) is 0.614. The van der Waals surface area contributed by atoms with Gasteiger partial charge in [-0.15, -0.1) is 0 Å². The molecule has 0 N–H and O–H groups in total. The average Bonchev–Trinajstić information content (AvgIpc) is 2.11. The molecule has 0 spiro atoms. The van der Waals surface area contributed by atoms with Gasteiger partial charge in [0.25, 0.3) is 0 Å². The molecule has 1 aliphatic carbocycles. The number of hydrogen-bond donors (Lipinski definition) is 0. The number of rotatable bonds is 2. The van der Waals surface area contributed by atoms with Crippen molar-refractivity contribution in [1.29, 1.82) is 0 Å². The molecular formula is C11H23N. The number of nitrogens with zero attached hydrogens (tertiary/aromatic N) is 1. The molecule has 2 fully saturated rings. The van der Waals surface area contributed by atoms with Gasteiger partial charge in [-0.25, -0.2) is 0 Å². The normalized spacial score (nSPS) is 38.5. The molecule has 1 heterocycles. The Bertz CT molecular complexity index is 119. The third-order valence-electron chi connectivity index (χ3n) is 3.39. The summed E-state index contributed by atoms with van der Waals surface area (Å²) in [4.78, 5) is 2.63. The monoisotopic (exact) mass is 169 g/mol. The van der Waals surface area contributed by atoms with Crippen LogP contribution in [0.1, 0.15) is 40.5 Å². The highest BCUT2D eigenvalue weighted by molar-refractivity contribution is 5.04. The van der Waals surface area contributed by atoms with E-state index < -0.39 is 0 Å². The molecule has 0 aromatic heterocycles. The fraction of sp³-hybridized carbons (Fsp3) is 1.00. The molecule has 1 nitrogen and oxygen atoms in total. The van der Waals surface area contributed by atoms with Crippen LogP contribution in [-0.2, 0) is 0 Å². The van der Waals surface area contributed by atoms with Crippen molar-refractivity contribution in [2.24, 2.45) is 11.8 Å². The van der Waals surface area contributed by atoms with Crippen LogP contribution >= 0.6 is 0 Å². The summed E-state index contributed by atoms with van der Waals surface area (Å²) in [6.07, 6.45) is 2.93. The first-order valence-corrected chi connectivity index (χ1v) is 5.60. The lowest BCUT2D eigenvalue weighted by atomic mass is 9.62. The van der Waals surface area contributed by atoms with Gasteiger partial charge in [0.05, 0.1) is 0 Å². The van der Waals surface area contributed by atoms with Crippen molar-refractivity contribution in [3.8, 4) is 0 Å². The minimum atomic E-state index is 1.01. The predicted molar refractivity (Wildman–Crippen MR) is 54.3 cm³/mol. The lowest BCUT2D eigenvalue weighted by Crippen LogP contribution is -2.66. The average molecular weight is 169 g/mol. The standard InChI is InChI=1S/C9H17N.C2H6/c1-3-7-5-8-6-10(4-2)9(7)8;1-2/h7-9H,3-6H2,1-2H3;1-2H3. The van der Waals surface area contributed by atoms with Gasteiger partial charge in [0.2, 0.25) is 0 Å². The molecule has 2 aliphatic rings. The highest BCUT2D eigenvalue weighted by Gasteiger charge is 2.50. The van der Waals surface area contributed by atoms with Gasteiger partial charge in [0, 0.05) is 12.6 Å². The van der Waals surface area contributed by atoms with Crippen molar-refractivity contribution in [1.82, 2.24) is 4.90 Å². The van der Waals surface area contributed by atoms with E-state index in [9.17, 15) is 0 Å². The number of likely N-dealkylation sites (tertiary alicyclic amines) is 1. The first kappa shape index (κ1) is 10.0. The van der Waals surface area contributed by atoms with Crippen LogP contribution < -0.4 is 0 Å². The van der Waals surface area contributed by atoms with E-state index >= 15 is 0 Å². The molecule has 1 saturated carbocycles. The van der Waals surface area contributed by atoms with E-state index in [4.69, 9.17) is 0 Å². The van der Waals surface area contributed by atoms with Crippen LogP contribution in [-0.4, -0.2) is 24.0 Å². The van der Waals surface area contributed by atoms with Gasteiger partial charge in [-0.05, 0) is 24.8 Å². The molecular weight excluding hydrogens is 146 g/mol. The lowest BCUT2D eigenvalue weighted by Gasteiger charge is -2.60. The number of piperidine rings is 1. The second-order valence-electron chi connectivity index (χ2n) is 3.74. The first-order valence-electron chi connectivity index (χ1n) is 5.60. The highest BCUT2D eigenvalue weighted by Crippen LogP contribution is 2.47. The van der Waals surface area contributed by atoms with Gasteiger partial charge < -0.3 is 0 Å². The summed E-state index contributed by atoms with van der Waals surface area (Å²) in [5.41, 5.74) is 0. The van der Waals surface area contributed by atoms with Crippen LogP contribution in [0.5, 0.6) is 0 Å². The van der Waals surface area contributed by atoms with Crippen LogP contribution in [0.4, 0.5) is 0 Å². The third kappa shape index (κ3) is 1.39. The van der Waals surface area contributed by atoms with Crippen molar-refractivity contribution in [3.05, 3.63) is 0 Å². The van der Waals surface area contributed by atoms with E-state index in [0.29, 0.717) is 0 Å². The van der Waals surface area contributed by atoms with Crippen molar-refractivity contribution < 1.29 is 0 Å². The zero-order chi connectivity index (χ0) is 9.14. The van der Waals surface area contributed by atoms with E-state index in [1.807, 2.05) is 13.8 Å². The lowest BCUT2D eigenvalue weighted by molar-refractivity contribution is -0.107. The Hall–Kier alpha value is -0.0400. The van der Waals surface area contributed by atoms with Gasteiger partial charge in [0.15, 0.2) is 0 Å². The third-order valence-corrected chi connectivity index (χ3v) is 3.39. The highest BCUT2D eigenvalue weighted by atomic mass is 15.2. The van der Waals surface area contributed by atoms with Crippen molar-refractivity contribution in [2.45, 2.75) is 46.6 Å². The molecule has 3 unspecified atom stereocenters. The zero-order valence-electron chi connectivity index (χ0n) is 9.01. The van der Waals surface area contributed by atoms with E-state index in [1.165, 1.54) is 25.9 Å². The topological polar surface area (TPSA) is 3.24 Å². The molecule has 0 aromatic carbocycles. The second-order valence-corrected chi connectivity index (χ2v) is 3.74. The summed E-state index contributed by atoms with van der Waals surface area (Å²) >= 11 is 0. The number of fused-ring (bicyclic) bond motifs is 1. The smallest absolute Gasteiger partial charge is 0.0164 e. The molecule has 12 heavy (non-hydrogen) atoms. The van der Waals surface area contributed by atoms with Gasteiger partial charge in [-0.3, -0.25) is 4.90 Å². The van der Waals surface area contributed by atoms with E-state index in [0.717, 1.165) is 17.9 Å². The molecule has 1 saturated heterocycles. The fourth-order valence-corrected chi connectivity index (χ4v) is 2.67. The van der Waals surface area contributed by atoms with Crippen molar-refractivity contribution >= 4 is 0 Å². The Labute approximate surface area is 77.1 Å². The maximum absolute atomic E-state index is 2.63. The SMILES string of the molecule is CC.CCC1CC2CN(CC)C12. The molecule has 0 radical (unpaired) electrons. The largest absolute Gasteiger partial charge is 0.300 e. The molecule has 72 valence electrons. The predicted octanol–water partition coefficient (Wildman–Crippen LogP) is 2.76. The minimum Gasteiger partial charge on any atom is -0.300 e. The minimum absolute atomic E-state index is 1.01. The summed E-state index contributed by atoms with van der Waals surface area (Å²) < 4.78 is 0. The van der Waals surface area contributed by atoms with Crippen molar-refractivity contribution in [3.63, 3.8) is 0 Å². The fourth-order valence-electron chi connectivity index (χ4n) is 2.67. The Morgan fingerprint density at radius 3 is 2.33 bits per heavy atom. The summed E-state index contributed by atoms with van der Waals surface area (Å²) in [5.74, 6) is 2.16. The van der Waals surface area contributed by atoms with E-state index in [2.05, 4.69) is 18.7 Å². The van der Waals surface area contributed by atoms with Crippen LogP contribution in [0.25, 0.3) is 0 Å². The van der Waals surface area contributed by atoms with Crippen LogP contribution in [0, 0.1) is 11.8 Å². The molecule has 3 atom stereocenters. The maximum Gasteiger partial charge on any atom is 0.0164 e. The molecule has 1 heteroatoms. The summed E-state index contributed by atoms with van der Waals surface area (Å²) in [7, 11) is 0. The second kappa shape index (κ2) is 4.27. The summed E-state index contributed by atoms with van der Waals surface area (Å²) in [5, 5.41) is 0. The van der Waals surface area contributed by atoms with Crippen LogP contribution in [0.15, 0.2) is 0 Å². The Morgan fingerprint density at radius 2 is 1.92 bits per heavy atom. The van der Waals surface area contributed by atoms with Crippen LogP contribution in [0.3, 0.4) is 0 Å². The summed E-state index contributed by atoms with van der Waals surface area (Å²) in [6, 6.07) is 1.01. The van der Waals surface area contributed by atoms with E-state index in [-0.39, 0.29) is 0 Å². The maximum atomic E-state index is 2.63. The number of hydrogen-bond acceptors (Lipinski definition) is 1. The van der Waals surface area contributed by atoms with Gasteiger partial charge >= 0.3 is 0 Å². The molecule has 0 bridgehead atoms. The van der Waals surface area contributed by atoms with Gasteiger partial charge in [-0.1, -0.05) is 34.1 Å². The Balaban J connectivity index is 0.000000336. The molecule has 1 aliphatic heterocycles. The van der Waals surface area contributed by atoms with Gasteiger partial charge in [-0.2, -0.15) is 0 Å².